The van der Waals surface area contributed by atoms with Gasteiger partial charge in [-0.3, -0.25) is 19.3 Å². The van der Waals surface area contributed by atoms with Gasteiger partial charge in [-0.1, -0.05) is 115 Å². The van der Waals surface area contributed by atoms with Crippen molar-refractivity contribution < 1.29 is 38.5 Å². The second-order valence-corrected chi connectivity index (χ2v) is 11.9. The van der Waals surface area contributed by atoms with Crippen LogP contribution < -0.4 is 5.32 Å². The number of carboxylic acid groups (broad SMARTS) is 1. The fourth-order valence-electron chi connectivity index (χ4n) is 5.29. The SMILES string of the molecule is CO[C@]1(NC(=O)C(C(=O)OC(c2ccccc2)c2ccccc2)c2ccccc2)C(=O)N(C(Cl)C(=O)O)[C@H]1OCC(=S)Cc1nnnn1C. The molecule has 0 spiro atoms. The quantitative estimate of drug-likeness (QED) is 0.0352. The second-order valence-electron chi connectivity index (χ2n) is 10.9. The molecule has 0 radical (unpaired) electrons. The number of esters is 1. The topological polar surface area (TPSA) is 175 Å². The van der Waals surface area contributed by atoms with E-state index in [1.807, 2.05) is 12.1 Å². The number of tetrazole rings is 1. The summed E-state index contributed by atoms with van der Waals surface area (Å²) in [7, 11) is 2.74. The molecule has 0 saturated carbocycles. The maximum atomic E-state index is 14.2. The van der Waals surface area contributed by atoms with E-state index in [4.69, 9.17) is 38.0 Å². The molecular formula is C33H31ClN6O8S. The number of nitrogens with one attached hydrogen (secondary N) is 1. The Hall–Kier alpha value is -5.09. The summed E-state index contributed by atoms with van der Waals surface area (Å²) in [4.78, 5) is 54.7. The van der Waals surface area contributed by atoms with Gasteiger partial charge in [-0.2, -0.15) is 0 Å². The Kier molecular flexibility index (Phi) is 11.1. The zero-order valence-electron chi connectivity index (χ0n) is 26.2. The van der Waals surface area contributed by atoms with Crippen molar-refractivity contribution >= 4 is 52.4 Å². The molecule has 5 rings (SSSR count). The number of carbonyl (C=O) groups excluding carboxylic acids is 3. The molecule has 2 amide bonds. The molecule has 254 valence electrons. The number of hydrogen-bond acceptors (Lipinski definition) is 11. The smallest absolute Gasteiger partial charge is 0.342 e. The lowest BCUT2D eigenvalue weighted by molar-refractivity contribution is -0.261. The van der Waals surface area contributed by atoms with Crippen LogP contribution >= 0.6 is 23.8 Å². The Balaban J connectivity index is 1.44. The maximum Gasteiger partial charge on any atom is 0.342 e. The summed E-state index contributed by atoms with van der Waals surface area (Å²) >= 11 is 11.5. The number of ether oxygens (including phenoxy) is 3. The van der Waals surface area contributed by atoms with Crippen LogP contribution in [0.3, 0.4) is 0 Å². The number of aromatic nitrogens is 4. The molecule has 1 aliphatic heterocycles. The minimum Gasteiger partial charge on any atom is -0.479 e. The van der Waals surface area contributed by atoms with Crippen LogP contribution in [0.15, 0.2) is 91.0 Å². The minimum absolute atomic E-state index is 0.112. The van der Waals surface area contributed by atoms with E-state index in [1.54, 1.807) is 85.9 Å². The van der Waals surface area contributed by atoms with Crippen molar-refractivity contribution in [2.75, 3.05) is 13.7 Å². The van der Waals surface area contributed by atoms with Gasteiger partial charge in [0, 0.05) is 25.4 Å². The molecule has 14 nitrogen and oxygen atoms in total. The molecule has 4 aromatic rings. The number of aliphatic carboxylic acids is 1. The fourth-order valence-corrected chi connectivity index (χ4v) is 5.68. The number of carboxylic acids is 1. The number of amides is 2. The number of benzene rings is 3. The minimum atomic E-state index is -2.28. The number of hydrogen-bond donors (Lipinski definition) is 2. The summed E-state index contributed by atoms with van der Waals surface area (Å²) in [6.45, 7) is -0.305. The van der Waals surface area contributed by atoms with Crippen LogP contribution in [0.2, 0.25) is 0 Å². The van der Waals surface area contributed by atoms with E-state index in [0.29, 0.717) is 21.9 Å². The summed E-state index contributed by atoms with van der Waals surface area (Å²) in [5.41, 5.74) is -2.59. The van der Waals surface area contributed by atoms with E-state index in [0.717, 1.165) is 7.11 Å². The van der Waals surface area contributed by atoms with E-state index in [1.165, 1.54) is 4.68 Å². The highest BCUT2D eigenvalue weighted by atomic mass is 35.5. The lowest BCUT2D eigenvalue weighted by Crippen LogP contribution is -2.83. The molecule has 0 aliphatic carbocycles. The first kappa shape index (κ1) is 35.2. The van der Waals surface area contributed by atoms with Crippen molar-refractivity contribution in [3.8, 4) is 0 Å². The Bertz CT molecular complexity index is 1780. The Morgan fingerprint density at radius 1 is 0.980 bits per heavy atom. The molecule has 3 aromatic carbocycles. The van der Waals surface area contributed by atoms with Crippen molar-refractivity contribution in [1.82, 2.24) is 30.4 Å². The third-order valence-electron chi connectivity index (χ3n) is 7.77. The number of likely N-dealkylation sites (tertiary alicyclic amines) is 1. The molecule has 2 heterocycles. The molecule has 4 atom stereocenters. The van der Waals surface area contributed by atoms with Gasteiger partial charge in [0.25, 0.3) is 11.6 Å². The van der Waals surface area contributed by atoms with E-state index in [9.17, 15) is 24.3 Å². The molecule has 1 fully saturated rings. The van der Waals surface area contributed by atoms with Crippen molar-refractivity contribution in [3.05, 3.63) is 114 Å². The number of nitrogens with zero attached hydrogens (tertiary/aromatic N) is 5. The van der Waals surface area contributed by atoms with E-state index in [-0.39, 0.29) is 23.5 Å². The van der Waals surface area contributed by atoms with Gasteiger partial charge in [0.2, 0.25) is 11.4 Å². The van der Waals surface area contributed by atoms with Gasteiger partial charge in [0.1, 0.15) is 0 Å². The molecule has 2 N–H and O–H groups in total. The first-order chi connectivity index (χ1) is 23.6. The molecule has 49 heavy (non-hydrogen) atoms. The average Bonchev–Trinajstić information content (AvgIpc) is 3.52. The monoisotopic (exact) mass is 706 g/mol. The van der Waals surface area contributed by atoms with Crippen LogP contribution in [0, 0.1) is 0 Å². The van der Waals surface area contributed by atoms with Gasteiger partial charge < -0.3 is 24.6 Å². The number of alkyl halides is 1. The molecule has 0 bridgehead atoms. The summed E-state index contributed by atoms with van der Waals surface area (Å²) in [5.74, 6) is -5.64. The van der Waals surface area contributed by atoms with Crippen LogP contribution in [0.25, 0.3) is 0 Å². The van der Waals surface area contributed by atoms with E-state index < -0.39 is 53.2 Å². The third-order valence-corrected chi connectivity index (χ3v) is 8.43. The first-order valence-corrected chi connectivity index (χ1v) is 15.7. The molecule has 2 unspecified atom stereocenters. The molecule has 1 aromatic heterocycles. The molecular weight excluding hydrogens is 676 g/mol. The summed E-state index contributed by atoms with van der Waals surface area (Å²) in [5, 5.41) is 23.3. The highest BCUT2D eigenvalue weighted by molar-refractivity contribution is 7.80. The lowest BCUT2D eigenvalue weighted by Gasteiger charge is -2.54. The number of aryl methyl sites for hydroxylation is 1. The maximum absolute atomic E-state index is 14.2. The van der Waals surface area contributed by atoms with Crippen LogP contribution in [0.5, 0.6) is 0 Å². The summed E-state index contributed by atoms with van der Waals surface area (Å²) in [6, 6.07) is 26.1. The summed E-state index contributed by atoms with van der Waals surface area (Å²) < 4.78 is 18.9. The number of halogens is 1. The second kappa shape index (κ2) is 15.4. The Labute approximate surface area is 290 Å². The predicted octanol–water partition coefficient (Wildman–Crippen LogP) is 2.53. The van der Waals surface area contributed by atoms with Gasteiger partial charge in [-0.25, -0.2) is 9.48 Å². The van der Waals surface area contributed by atoms with Crippen molar-refractivity contribution in [3.63, 3.8) is 0 Å². The summed E-state index contributed by atoms with van der Waals surface area (Å²) in [6.07, 6.45) is -2.34. The standard InChI is InChI=1S/C33H31ClN6O8S/c1-39-24(36-37-38-39)18-23(49)19-47-32-33(46-2,31(45)40(32)27(34)29(42)43)35-28(41)25(20-12-6-3-7-13-20)30(44)48-26(21-14-8-4-9-15-21)22-16-10-5-11-17-22/h3-17,25-27,32H,18-19H2,1-2H3,(H,35,41)(H,42,43)/t25?,27?,32-,33+/m0/s1. The van der Waals surface area contributed by atoms with Gasteiger partial charge in [0.05, 0.1) is 6.61 Å². The van der Waals surface area contributed by atoms with Crippen molar-refractivity contribution in [2.24, 2.45) is 7.05 Å². The molecule has 1 aliphatic rings. The van der Waals surface area contributed by atoms with Gasteiger partial charge in [-0.15, -0.1) is 5.10 Å². The third kappa shape index (κ3) is 7.49. The predicted molar refractivity (Wildman–Crippen MR) is 177 cm³/mol. The fraction of sp³-hybridized carbons (Fsp3) is 0.273. The zero-order chi connectivity index (χ0) is 35.1. The van der Waals surface area contributed by atoms with Gasteiger partial charge in [0.15, 0.2) is 24.1 Å². The van der Waals surface area contributed by atoms with Crippen LogP contribution in [0.1, 0.15) is 34.5 Å². The van der Waals surface area contributed by atoms with Crippen LogP contribution in [0.4, 0.5) is 0 Å². The number of β-lactam (4-membered cyclic amide) rings is 1. The Morgan fingerprint density at radius 2 is 1.53 bits per heavy atom. The number of rotatable bonds is 15. The normalized spacial score (nSPS) is 18.3. The molecule has 16 heteroatoms. The highest BCUT2D eigenvalue weighted by Gasteiger charge is 2.67. The van der Waals surface area contributed by atoms with E-state index in [2.05, 4.69) is 20.8 Å². The van der Waals surface area contributed by atoms with Crippen molar-refractivity contribution in [1.29, 1.82) is 0 Å². The Morgan fingerprint density at radius 3 is 2.02 bits per heavy atom. The van der Waals surface area contributed by atoms with E-state index >= 15 is 0 Å². The average molecular weight is 707 g/mol. The highest BCUT2D eigenvalue weighted by Crippen LogP contribution is 2.37. The molecule has 1 saturated heterocycles. The van der Waals surface area contributed by atoms with Gasteiger partial charge >= 0.3 is 11.9 Å². The lowest BCUT2D eigenvalue weighted by atomic mass is 9.93. The number of thiocarbonyl (C=S) groups is 1. The first-order valence-electron chi connectivity index (χ1n) is 14.8. The van der Waals surface area contributed by atoms with Gasteiger partial charge in [-0.05, 0) is 27.1 Å². The zero-order valence-corrected chi connectivity index (χ0v) is 27.8. The van der Waals surface area contributed by atoms with Crippen molar-refractivity contribution in [2.45, 2.75) is 35.9 Å². The van der Waals surface area contributed by atoms with Crippen LogP contribution in [-0.2, 0) is 46.9 Å². The number of carbonyl (C=O) groups is 4. The van der Waals surface area contributed by atoms with Crippen LogP contribution in [-0.4, -0.2) is 90.0 Å². The largest absolute Gasteiger partial charge is 0.479 e. The number of methoxy groups -OCH3 is 1.